The van der Waals surface area contributed by atoms with Crippen LogP contribution in [0.25, 0.3) is 17.5 Å². The van der Waals surface area contributed by atoms with Crippen molar-refractivity contribution in [2.45, 2.75) is 48.1 Å². The van der Waals surface area contributed by atoms with Crippen LogP contribution in [0.15, 0.2) is 18.7 Å². The molecule has 0 atom stereocenters. The van der Waals surface area contributed by atoms with Crippen LogP contribution in [0.5, 0.6) is 0 Å². The smallest absolute Gasteiger partial charge is 0.290 e. The molecule has 0 aliphatic rings. The fourth-order valence-electron chi connectivity index (χ4n) is 3.24. The summed E-state index contributed by atoms with van der Waals surface area (Å²) in [5, 5.41) is 0. The predicted molar refractivity (Wildman–Crippen MR) is 87.9 cm³/mol. The molecule has 0 spiro atoms. The first-order chi connectivity index (χ1) is 9.96. The van der Waals surface area contributed by atoms with E-state index >= 15 is 0 Å². The number of rotatable bonds is 4. The van der Waals surface area contributed by atoms with Gasteiger partial charge in [-0.05, 0) is 51.3 Å². The molecule has 0 N–H and O–H groups in total. The van der Waals surface area contributed by atoms with Gasteiger partial charge >= 0.3 is 0 Å². The van der Waals surface area contributed by atoms with Gasteiger partial charge in [0.25, 0.3) is 5.82 Å². The number of imidazole rings is 1. The minimum absolute atomic E-state index is 0.977. The van der Waals surface area contributed by atoms with Gasteiger partial charge in [0.15, 0.2) is 0 Å². The van der Waals surface area contributed by atoms with Gasteiger partial charge in [0.05, 0.1) is 5.69 Å². The lowest BCUT2D eigenvalue weighted by atomic mass is 9.98. The van der Waals surface area contributed by atoms with Crippen molar-refractivity contribution in [2.75, 3.05) is 0 Å². The van der Waals surface area contributed by atoms with Crippen LogP contribution in [-0.4, -0.2) is 0 Å². The van der Waals surface area contributed by atoms with Crippen LogP contribution in [0.2, 0.25) is 0 Å². The zero-order valence-corrected chi connectivity index (χ0v) is 14.1. The summed E-state index contributed by atoms with van der Waals surface area (Å²) in [5.41, 5.74) is 7.75. The molecule has 1 aromatic heterocycles. The van der Waals surface area contributed by atoms with E-state index in [1.165, 1.54) is 39.5 Å². The molecule has 1 heterocycles. The average molecular weight is 282 g/mol. The Balaban J connectivity index is 2.84. The van der Waals surface area contributed by atoms with E-state index in [4.69, 9.17) is 0 Å². The summed E-state index contributed by atoms with van der Waals surface area (Å²) in [6, 6.07) is 4.43. The number of aromatic nitrogens is 2. The molecule has 1 aromatic carbocycles. The van der Waals surface area contributed by atoms with E-state index in [0.717, 1.165) is 6.54 Å². The van der Waals surface area contributed by atoms with Crippen molar-refractivity contribution in [1.29, 1.82) is 0 Å². The maximum Gasteiger partial charge on any atom is 0.290 e. The zero-order chi connectivity index (χ0) is 15.7. The average Bonchev–Trinajstić information content (AvgIpc) is 2.69. The molecule has 0 saturated carbocycles. The summed E-state index contributed by atoms with van der Waals surface area (Å²) in [7, 11) is 0. The highest BCUT2D eigenvalue weighted by Crippen LogP contribution is 2.26. The Morgan fingerprint density at radius 1 is 1.24 bits per heavy atom. The Kier molecular flexibility index (Phi) is 4.26. The number of benzene rings is 1. The second kappa shape index (κ2) is 5.80. The molecule has 0 fully saturated rings. The van der Waals surface area contributed by atoms with Crippen LogP contribution < -0.4 is 9.13 Å². The van der Waals surface area contributed by atoms with E-state index < -0.39 is 0 Å². The summed E-state index contributed by atoms with van der Waals surface area (Å²) in [5.74, 6) is 1.28. The van der Waals surface area contributed by atoms with E-state index in [1.807, 2.05) is 6.08 Å². The van der Waals surface area contributed by atoms with Crippen molar-refractivity contribution in [2.24, 2.45) is 0 Å². The molecule has 0 saturated heterocycles. The Bertz CT molecular complexity index is 640. The van der Waals surface area contributed by atoms with Gasteiger partial charge in [0, 0.05) is 17.8 Å². The third-order valence-corrected chi connectivity index (χ3v) is 4.36. The minimum atomic E-state index is 0.977. The fraction of sp³-hybridized carbons (Fsp3) is 0.368. The van der Waals surface area contributed by atoms with Gasteiger partial charge in [-0.15, -0.1) is 0 Å². The van der Waals surface area contributed by atoms with Crippen LogP contribution in [-0.2, 0) is 6.54 Å². The zero-order valence-electron chi connectivity index (χ0n) is 14.1. The molecule has 2 heteroatoms. The van der Waals surface area contributed by atoms with Crippen LogP contribution >= 0.6 is 0 Å². The summed E-state index contributed by atoms with van der Waals surface area (Å²) >= 11 is 0. The van der Waals surface area contributed by atoms with E-state index in [9.17, 15) is 0 Å². The first kappa shape index (κ1) is 15.4. The van der Waals surface area contributed by atoms with Gasteiger partial charge in [-0.2, -0.15) is 0 Å². The Morgan fingerprint density at radius 2 is 1.81 bits per heavy atom. The highest BCUT2D eigenvalue weighted by Gasteiger charge is 2.23. The van der Waals surface area contributed by atoms with E-state index in [1.54, 1.807) is 0 Å². The van der Waals surface area contributed by atoms with Crippen molar-refractivity contribution in [3.63, 3.8) is 0 Å². The molecule has 0 amide bonds. The predicted octanol–water partition coefficient (Wildman–Crippen LogP) is 3.57. The van der Waals surface area contributed by atoms with E-state index in [0.29, 0.717) is 0 Å². The van der Waals surface area contributed by atoms with Gasteiger partial charge in [0.2, 0.25) is 0 Å². The molecule has 2 nitrogen and oxygen atoms in total. The van der Waals surface area contributed by atoms with Crippen LogP contribution in [0.1, 0.15) is 41.9 Å². The minimum Gasteiger partial charge on any atom is -0.310 e. The number of aryl methyl sites for hydroxylation is 2. The number of hydrogen-bond acceptors (Lipinski definition) is 0. The topological polar surface area (TPSA) is 7.76 Å². The molecule has 21 heavy (non-hydrogen) atoms. The molecule has 0 radical (unpaired) electrons. The largest absolute Gasteiger partial charge is 0.310 e. The first-order valence-corrected chi connectivity index (χ1v) is 7.60. The standard InChI is InChI=1S/C19H26N2/c1-8-17-11-13(4)18(14(5)12-17)19-20(9-2)15(6)16(7)21(19)10-3/h8-9,11-12H,1,10H2,2-7H3. The van der Waals surface area contributed by atoms with Gasteiger partial charge < -0.3 is 9.13 Å². The third kappa shape index (κ3) is 2.39. The van der Waals surface area contributed by atoms with Gasteiger partial charge in [-0.3, -0.25) is 0 Å². The van der Waals surface area contributed by atoms with Crippen molar-refractivity contribution in [3.05, 3.63) is 53.3 Å². The lowest BCUT2D eigenvalue weighted by molar-refractivity contribution is -0.752. The Morgan fingerprint density at radius 3 is 2.24 bits per heavy atom. The molecule has 0 unspecified atom stereocenters. The molecule has 0 aliphatic heterocycles. The summed E-state index contributed by atoms with van der Waals surface area (Å²) < 4.78 is 4.71. The molecular formula is C19H26N2. The second-order valence-corrected chi connectivity index (χ2v) is 5.60. The Hall–Kier alpha value is -1.96. The van der Waals surface area contributed by atoms with Crippen molar-refractivity contribution >= 4 is 6.08 Å². The number of hydrogen-bond donors (Lipinski definition) is 0. The van der Waals surface area contributed by atoms with Crippen LogP contribution in [0.4, 0.5) is 0 Å². The van der Waals surface area contributed by atoms with Crippen LogP contribution in [0, 0.1) is 34.2 Å². The van der Waals surface area contributed by atoms with Gasteiger partial charge in [0.1, 0.15) is 6.54 Å². The molecule has 0 aliphatic carbocycles. The molecule has 2 aromatic rings. The second-order valence-electron chi connectivity index (χ2n) is 5.60. The monoisotopic (exact) mass is 282 g/mol. The quantitative estimate of drug-likeness (QED) is 0.598. The van der Waals surface area contributed by atoms with Gasteiger partial charge in [-0.1, -0.05) is 31.7 Å². The number of nitrogens with zero attached hydrogens (tertiary/aromatic N) is 2. The van der Waals surface area contributed by atoms with Crippen LogP contribution in [0.3, 0.4) is 0 Å². The first-order valence-electron chi connectivity index (χ1n) is 7.60. The lowest BCUT2D eigenvalue weighted by Crippen LogP contribution is -2.43. The summed E-state index contributed by atoms with van der Waals surface area (Å²) in [4.78, 5) is 0. The SMILES string of the molecule is C=Cc1cc(C)c(-c2[n+]([CH-]C)c(C)[c-](C)[n+]2CC)c(C)c1. The highest BCUT2D eigenvalue weighted by atomic mass is 15.2. The van der Waals surface area contributed by atoms with Crippen molar-refractivity contribution < 1.29 is 9.13 Å². The van der Waals surface area contributed by atoms with Crippen molar-refractivity contribution in [3.8, 4) is 11.4 Å². The fourth-order valence-corrected chi connectivity index (χ4v) is 3.24. The van der Waals surface area contributed by atoms with E-state index in [-0.39, 0.29) is 0 Å². The molecule has 2 rings (SSSR count). The normalized spacial score (nSPS) is 10.8. The molecule has 0 bridgehead atoms. The summed E-state index contributed by atoms with van der Waals surface area (Å²) in [6.07, 6.45) is 1.92. The maximum absolute atomic E-state index is 3.88. The summed E-state index contributed by atoms with van der Waals surface area (Å²) in [6.45, 7) is 20.1. The Labute approximate surface area is 128 Å². The molecular weight excluding hydrogens is 256 g/mol. The lowest BCUT2D eigenvalue weighted by Gasteiger charge is -2.13. The third-order valence-electron chi connectivity index (χ3n) is 4.36. The van der Waals surface area contributed by atoms with Crippen molar-refractivity contribution in [1.82, 2.24) is 0 Å². The highest BCUT2D eigenvalue weighted by molar-refractivity contribution is 5.65. The maximum atomic E-state index is 3.88. The van der Waals surface area contributed by atoms with E-state index in [2.05, 4.69) is 75.9 Å². The van der Waals surface area contributed by atoms with Gasteiger partial charge in [-0.25, -0.2) is 0 Å². The molecule has 112 valence electrons.